The van der Waals surface area contributed by atoms with E-state index >= 15 is 0 Å². The minimum atomic E-state index is 0.768. The number of hydrogen-bond acceptors (Lipinski definition) is 1. The lowest BCUT2D eigenvalue weighted by atomic mass is 10.1. The highest BCUT2D eigenvalue weighted by molar-refractivity contribution is 6.30. The van der Waals surface area contributed by atoms with Crippen LogP contribution in [-0.4, -0.2) is 0 Å². The Bertz CT molecular complexity index is 726. The molecule has 0 heterocycles. The summed E-state index contributed by atoms with van der Waals surface area (Å²) in [4.78, 5) is 2.38. The fourth-order valence-corrected chi connectivity index (χ4v) is 2.84. The molecule has 0 N–H and O–H groups in total. The summed E-state index contributed by atoms with van der Waals surface area (Å²) in [7, 11) is 0. The van der Waals surface area contributed by atoms with Crippen LogP contribution in [0.15, 0.2) is 72.8 Å². The molecule has 0 aliphatic carbocycles. The van der Waals surface area contributed by atoms with Crippen LogP contribution in [0.4, 0.5) is 5.69 Å². The molecular weight excluding hydrogens is 314 g/mol. The summed E-state index contributed by atoms with van der Waals surface area (Å²) >= 11 is 6.05. The minimum Gasteiger partial charge on any atom is -0.363 e. The Morgan fingerprint density at radius 2 is 1.04 bits per heavy atom. The van der Waals surface area contributed by atoms with E-state index in [9.17, 15) is 0 Å². The van der Waals surface area contributed by atoms with Crippen molar-refractivity contribution in [3.05, 3.63) is 100 Å². The van der Waals surface area contributed by atoms with Gasteiger partial charge < -0.3 is 4.90 Å². The lowest BCUT2D eigenvalue weighted by Gasteiger charge is -2.25. The van der Waals surface area contributed by atoms with Crippen molar-refractivity contribution in [2.75, 3.05) is 4.90 Å². The molecular formula is C22H22ClN. The van der Waals surface area contributed by atoms with Crippen LogP contribution in [0.3, 0.4) is 0 Å². The van der Waals surface area contributed by atoms with Crippen LogP contribution >= 0.6 is 11.6 Å². The molecule has 0 saturated carbocycles. The van der Waals surface area contributed by atoms with E-state index in [1.54, 1.807) is 0 Å². The van der Waals surface area contributed by atoms with Gasteiger partial charge in [-0.1, -0.05) is 71.3 Å². The van der Waals surface area contributed by atoms with E-state index in [2.05, 4.69) is 79.4 Å². The number of hydrogen-bond donors (Lipinski definition) is 0. The van der Waals surface area contributed by atoms with Gasteiger partial charge in [-0.25, -0.2) is 0 Å². The zero-order valence-electron chi connectivity index (χ0n) is 14.2. The van der Waals surface area contributed by atoms with E-state index in [1.165, 1.54) is 27.9 Å². The zero-order chi connectivity index (χ0) is 16.9. The van der Waals surface area contributed by atoms with E-state index in [0.29, 0.717) is 0 Å². The Balaban J connectivity index is 1.86. The number of nitrogens with zero attached hydrogens (tertiary/aromatic N) is 1. The van der Waals surface area contributed by atoms with Crippen LogP contribution in [0.5, 0.6) is 0 Å². The first-order valence-electron chi connectivity index (χ1n) is 8.22. The largest absolute Gasteiger partial charge is 0.363 e. The summed E-state index contributed by atoms with van der Waals surface area (Å²) in [6.45, 7) is 5.98. The summed E-state index contributed by atoms with van der Waals surface area (Å²) < 4.78 is 0. The van der Waals surface area contributed by atoms with Gasteiger partial charge in [0.15, 0.2) is 0 Å². The second-order valence-corrected chi connectivity index (χ2v) is 6.74. The fraction of sp³-hybridized carbons (Fsp3) is 0.182. The molecule has 0 atom stereocenters. The highest BCUT2D eigenvalue weighted by Crippen LogP contribution is 2.22. The third-order valence-corrected chi connectivity index (χ3v) is 4.43. The minimum absolute atomic E-state index is 0.768. The lowest BCUT2D eigenvalue weighted by molar-refractivity contribution is 0.799. The third kappa shape index (κ3) is 4.39. The SMILES string of the molecule is Cc1ccc(CN(Cc2ccc(C)cc2)c2ccc(Cl)cc2)cc1. The van der Waals surface area contributed by atoms with Gasteiger partial charge in [0.1, 0.15) is 0 Å². The van der Waals surface area contributed by atoms with E-state index in [1.807, 2.05) is 12.1 Å². The zero-order valence-corrected chi connectivity index (χ0v) is 14.9. The van der Waals surface area contributed by atoms with Crippen LogP contribution in [0.1, 0.15) is 22.3 Å². The summed E-state index contributed by atoms with van der Waals surface area (Å²) in [5.41, 5.74) is 6.37. The molecule has 2 heteroatoms. The molecule has 3 aromatic rings. The Morgan fingerprint density at radius 1 is 0.625 bits per heavy atom. The molecule has 0 amide bonds. The average molecular weight is 336 g/mol. The summed E-state index contributed by atoms with van der Waals surface area (Å²) in [5, 5.41) is 0.768. The third-order valence-electron chi connectivity index (χ3n) is 4.18. The lowest BCUT2D eigenvalue weighted by Crippen LogP contribution is -2.22. The van der Waals surface area contributed by atoms with Crippen LogP contribution < -0.4 is 4.90 Å². The first-order valence-corrected chi connectivity index (χ1v) is 8.59. The predicted octanol–water partition coefficient (Wildman–Crippen LogP) is 6.16. The highest BCUT2D eigenvalue weighted by Gasteiger charge is 2.09. The molecule has 0 aromatic heterocycles. The van der Waals surface area contributed by atoms with Crippen molar-refractivity contribution in [3.63, 3.8) is 0 Å². The number of rotatable bonds is 5. The average Bonchev–Trinajstić information content (AvgIpc) is 2.59. The van der Waals surface area contributed by atoms with Crippen LogP contribution in [0, 0.1) is 13.8 Å². The summed E-state index contributed by atoms with van der Waals surface area (Å²) in [5.74, 6) is 0. The molecule has 3 aromatic carbocycles. The van der Waals surface area contributed by atoms with Gasteiger partial charge >= 0.3 is 0 Å². The molecule has 0 saturated heterocycles. The number of anilines is 1. The Kier molecular flexibility index (Phi) is 5.22. The van der Waals surface area contributed by atoms with Crippen molar-refractivity contribution in [1.29, 1.82) is 0 Å². The number of halogens is 1. The maximum absolute atomic E-state index is 6.05. The van der Waals surface area contributed by atoms with Crippen LogP contribution in [0.25, 0.3) is 0 Å². The van der Waals surface area contributed by atoms with E-state index in [0.717, 1.165) is 18.1 Å². The molecule has 0 bridgehead atoms. The van der Waals surface area contributed by atoms with Gasteiger partial charge in [0.2, 0.25) is 0 Å². The molecule has 0 aliphatic heterocycles. The number of aryl methyl sites for hydroxylation is 2. The van der Waals surface area contributed by atoms with Gasteiger partial charge in [-0.3, -0.25) is 0 Å². The second kappa shape index (κ2) is 7.55. The van der Waals surface area contributed by atoms with Gasteiger partial charge in [0.05, 0.1) is 0 Å². The molecule has 0 fully saturated rings. The molecule has 0 radical (unpaired) electrons. The second-order valence-electron chi connectivity index (χ2n) is 6.30. The molecule has 24 heavy (non-hydrogen) atoms. The molecule has 0 spiro atoms. The van der Waals surface area contributed by atoms with Crippen molar-refractivity contribution >= 4 is 17.3 Å². The van der Waals surface area contributed by atoms with Gasteiger partial charge in [0, 0.05) is 23.8 Å². The normalized spacial score (nSPS) is 10.6. The standard InChI is InChI=1S/C22H22ClN/c1-17-3-7-19(8-4-17)15-24(22-13-11-21(23)12-14-22)16-20-9-5-18(2)6-10-20/h3-14H,15-16H2,1-2H3. The first kappa shape index (κ1) is 16.6. The Morgan fingerprint density at radius 3 is 1.46 bits per heavy atom. The molecule has 3 rings (SSSR count). The van der Waals surface area contributed by atoms with E-state index in [4.69, 9.17) is 11.6 Å². The van der Waals surface area contributed by atoms with Gasteiger partial charge in [-0.15, -0.1) is 0 Å². The van der Waals surface area contributed by atoms with Crippen LogP contribution in [0.2, 0.25) is 5.02 Å². The highest BCUT2D eigenvalue weighted by atomic mass is 35.5. The van der Waals surface area contributed by atoms with Crippen molar-refractivity contribution in [3.8, 4) is 0 Å². The Hall–Kier alpha value is -2.25. The predicted molar refractivity (Wildman–Crippen MR) is 104 cm³/mol. The monoisotopic (exact) mass is 335 g/mol. The quantitative estimate of drug-likeness (QED) is 0.539. The van der Waals surface area contributed by atoms with Crippen molar-refractivity contribution in [2.24, 2.45) is 0 Å². The molecule has 0 unspecified atom stereocenters. The van der Waals surface area contributed by atoms with E-state index < -0.39 is 0 Å². The smallest absolute Gasteiger partial charge is 0.0433 e. The maximum atomic E-state index is 6.05. The Labute approximate surface area is 149 Å². The van der Waals surface area contributed by atoms with E-state index in [-0.39, 0.29) is 0 Å². The van der Waals surface area contributed by atoms with Gasteiger partial charge in [0.25, 0.3) is 0 Å². The summed E-state index contributed by atoms with van der Waals surface area (Å²) in [6.07, 6.45) is 0. The van der Waals surface area contributed by atoms with Crippen LogP contribution in [-0.2, 0) is 13.1 Å². The van der Waals surface area contributed by atoms with Crippen molar-refractivity contribution in [2.45, 2.75) is 26.9 Å². The molecule has 122 valence electrons. The van der Waals surface area contributed by atoms with Gasteiger partial charge in [-0.05, 0) is 49.2 Å². The molecule has 1 nitrogen and oxygen atoms in total. The van der Waals surface area contributed by atoms with Gasteiger partial charge in [-0.2, -0.15) is 0 Å². The number of benzene rings is 3. The van der Waals surface area contributed by atoms with Crippen molar-refractivity contribution < 1.29 is 0 Å². The topological polar surface area (TPSA) is 3.24 Å². The molecule has 0 aliphatic rings. The summed E-state index contributed by atoms with van der Waals surface area (Å²) in [6, 6.07) is 25.6. The maximum Gasteiger partial charge on any atom is 0.0433 e. The fourth-order valence-electron chi connectivity index (χ4n) is 2.72. The van der Waals surface area contributed by atoms with Crippen molar-refractivity contribution in [1.82, 2.24) is 0 Å². The first-order chi connectivity index (χ1) is 11.6.